The third-order valence-corrected chi connectivity index (χ3v) is 2.84. The molecule has 2 aromatic carbocycles. The van der Waals surface area contributed by atoms with Gasteiger partial charge in [-0.2, -0.15) is 5.26 Å². The Hall–Kier alpha value is -2.94. The van der Waals surface area contributed by atoms with Crippen molar-refractivity contribution in [2.75, 3.05) is 5.32 Å². The highest BCUT2D eigenvalue weighted by molar-refractivity contribution is 5.79. The van der Waals surface area contributed by atoms with Crippen LogP contribution in [0.2, 0.25) is 0 Å². The van der Waals surface area contributed by atoms with Crippen LogP contribution in [0.5, 0.6) is 0 Å². The number of carboxylic acids is 1. The number of rotatable bonds is 4. The quantitative estimate of drug-likeness (QED) is 0.906. The molecule has 2 rings (SSSR count). The summed E-state index contributed by atoms with van der Waals surface area (Å²) in [6, 6.07) is 10.0. The van der Waals surface area contributed by atoms with E-state index >= 15 is 0 Å². The average Bonchev–Trinajstić information content (AvgIpc) is 2.46. The molecule has 0 aromatic heterocycles. The maximum absolute atomic E-state index is 13.8. The molecule has 0 aliphatic rings. The summed E-state index contributed by atoms with van der Waals surface area (Å²) in [5, 5.41) is 20.2. The lowest BCUT2D eigenvalue weighted by Crippen LogP contribution is -2.21. The van der Waals surface area contributed by atoms with Gasteiger partial charge in [-0.25, -0.2) is 13.6 Å². The Balaban J connectivity index is 2.39. The second kappa shape index (κ2) is 6.01. The van der Waals surface area contributed by atoms with E-state index in [4.69, 9.17) is 5.26 Å². The third-order valence-electron chi connectivity index (χ3n) is 2.84. The van der Waals surface area contributed by atoms with Gasteiger partial charge in [0.25, 0.3) is 0 Å². The summed E-state index contributed by atoms with van der Waals surface area (Å²) in [6.07, 6.45) is 0. The van der Waals surface area contributed by atoms with E-state index in [1.54, 1.807) is 24.3 Å². The highest BCUT2D eigenvalue weighted by Crippen LogP contribution is 2.26. The Morgan fingerprint density at radius 1 is 1.19 bits per heavy atom. The molecule has 6 heteroatoms. The molecule has 4 nitrogen and oxygen atoms in total. The number of nitriles is 1. The monoisotopic (exact) mass is 288 g/mol. The Morgan fingerprint density at radius 3 is 2.24 bits per heavy atom. The van der Waals surface area contributed by atoms with Crippen molar-refractivity contribution in [3.05, 3.63) is 65.2 Å². The zero-order valence-corrected chi connectivity index (χ0v) is 10.7. The van der Waals surface area contributed by atoms with E-state index in [1.165, 1.54) is 12.1 Å². The van der Waals surface area contributed by atoms with Crippen LogP contribution in [-0.4, -0.2) is 11.1 Å². The van der Waals surface area contributed by atoms with Crippen LogP contribution in [-0.2, 0) is 4.79 Å². The zero-order valence-electron chi connectivity index (χ0n) is 10.7. The lowest BCUT2D eigenvalue weighted by molar-refractivity contribution is -0.138. The number of nitrogens with zero attached hydrogens (tertiary/aromatic N) is 1. The van der Waals surface area contributed by atoms with Crippen molar-refractivity contribution >= 4 is 11.7 Å². The number of benzene rings is 2. The molecule has 106 valence electrons. The number of aliphatic carboxylic acids is 1. The molecule has 0 aliphatic heterocycles. The number of nitrogens with one attached hydrogen (secondary N) is 1. The molecule has 1 atom stereocenters. The lowest BCUT2D eigenvalue weighted by Gasteiger charge is -2.17. The molecule has 0 radical (unpaired) electrons. The normalized spacial score (nSPS) is 11.5. The van der Waals surface area contributed by atoms with Crippen LogP contribution in [0.15, 0.2) is 42.5 Å². The van der Waals surface area contributed by atoms with Gasteiger partial charge in [0, 0.05) is 0 Å². The van der Waals surface area contributed by atoms with Crippen LogP contribution in [0.4, 0.5) is 14.5 Å². The highest BCUT2D eigenvalue weighted by Gasteiger charge is 2.23. The van der Waals surface area contributed by atoms with Crippen molar-refractivity contribution in [3.63, 3.8) is 0 Å². The number of hydrogen-bond donors (Lipinski definition) is 2. The van der Waals surface area contributed by atoms with Gasteiger partial charge < -0.3 is 10.4 Å². The minimum Gasteiger partial charge on any atom is -0.479 e. The molecular formula is C15H10F2N2O2. The standard InChI is InChI=1S/C15H10F2N2O2/c16-11-6-9(8-18)7-12(17)14(11)19-13(15(20)21)10-4-2-1-3-5-10/h1-7,13,19H,(H,20,21). The van der Waals surface area contributed by atoms with Gasteiger partial charge in [0.05, 0.1) is 11.6 Å². The molecule has 21 heavy (non-hydrogen) atoms. The minimum atomic E-state index is -1.30. The van der Waals surface area contributed by atoms with Crippen LogP contribution >= 0.6 is 0 Å². The Bertz CT molecular complexity index is 688. The molecule has 0 spiro atoms. The van der Waals surface area contributed by atoms with Crippen LogP contribution in [0.3, 0.4) is 0 Å². The van der Waals surface area contributed by atoms with Gasteiger partial charge in [0.2, 0.25) is 0 Å². The van der Waals surface area contributed by atoms with Gasteiger partial charge in [0.1, 0.15) is 5.69 Å². The first kappa shape index (κ1) is 14.5. The van der Waals surface area contributed by atoms with Gasteiger partial charge in [-0.3, -0.25) is 0 Å². The summed E-state index contributed by atoms with van der Waals surface area (Å²) in [6.45, 7) is 0. The maximum atomic E-state index is 13.8. The van der Waals surface area contributed by atoms with Crippen LogP contribution < -0.4 is 5.32 Å². The molecule has 0 amide bonds. The molecule has 0 saturated carbocycles. The fraction of sp³-hybridized carbons (Fsp3) is 0.0667. The van der Waals surface area contributed by atoms with E-state index in [1.807, 2.05) is 0 Å². The largest absolute Gasteiger partial charge is 0.479 e. The molecule has 0 saturated heterocycles. The van der Waals surface area contributed by atoms with Gasteiger partial charge >= 0.3 is 5.97 Å². The number of carboxylic acid groups (broad SMARTS) is 1. The Labute approximate surface area is 119 Å². The van der Waals surface area contributed by atoms with Crippen molar-refractivity contribution < 1.29 is 18.7 Å². The topological polar surface area (TPSA) is 73.1 Å². The smallest absolute Gasteiger partial charge is 0.330 e. The second-order valence-electron chi connectivity index (χ2n) is 4.25. The Kier molecular flexibility index (Phi) is 4.14. The lowest BCUT2D eigenvalue weighted by atomic mass is 10.1. The molecule has 0 fully saturated rings. The molecule has 1 unspecified atom stereocenters. The maximum Gasteiger partial charge on any atom is 0.330 e. The van der Waals surface area contributed by atoms with Gasteiger partial charge in [-0.1, -0.05) is 30.3 Å². The summed E-state index contributed by atoms with van der Waals surface area (Å²) in [7, 11) is 0. The predicted octanol–water partition coefficient (Wildman–Crippen LogP) is 3.07. The molecule has 0 bridgehead atoms. The molecular weight excluding hydrogens is 278 g/mol. The number of halogens is 2. The van der Waals surface area contributed by atoms with Crippen molar-refractivity contribution in [1.82, 2.24) is 0 Å². The first-order valence-corrected chi connectivity index (χ1v) is 5.96. The summed E-state index contributed by atoms with van der Waals surface area (Å²) in [4.78, 5) is 11.3. The van der Waals surface area contributed by atoms with Gasteiger partial charge in [-0.15, -0.1) is 0 Å². The predicted molar refractivity (Wildman–Crippen MR) is 71.5 cm³/mol. The highest BCUT2D eigenvalue weighted by atomic mass is 19.1. The van der Waals surface area contributed by atoms with E-state index < -0.39 is 29.3 Å². The number of anilines is 1. The van der Waals surface area contributed by atoms with Gasteiger partial charge in [0.15, 0.2) is 17.7 Å². The minimum absolute atomic E-state index is 0.179. The molecule has 0 aliphatic carbocycles. The molecule has 2 aromatic rings. The van der Waals surface area contributed by atoms with Crippen molar-refractivity contribution in [2.24, 2.45) is 0 Å². The third kappa shape index (κ3) is 3.15. The average molecular weight is 288 g/mol. The first-order chi connectivity index (χ1) is 10.0. The van der Waals surface area contributed by atoms with E-state index in [0.717, 1.165) is 12.1 Å². The van der Waals surface area contributed by atoms with Crippen LogP contribution in [0.1, 0.15) is 17.2 Å². The molecule has 2 N–H and O–H groups in total. The summed E-state index contributed by atoms with van der Waals surface area (Å²) in [5.74, 6) is -3.31. The summed E-state index contributed by atoms with van der Waals surface area (Å²) < 4.78 is 27.6. The first-order valence-electron chi connectivity index (χ1n) is 5.96. The zero-order chi connectivity index (χ0) is 15.4. The summed E-state index contributed by atoms with van der Waals surface area (Å²) in [5.41, 5.74) is -0.402. The van der Waals surface area contributed by atoms with Crippen molar-refractivity contribution in [1.29, 1.82) is 5.26 Å². The van der Waals surface area contributed by atoms with E-state index in [9.17, 15) is 18.7 Å². The fourth-order valence-corrected chi connectivity index (χ4v) is 1.85. The van der Waals surface area contributed by atoms with Crippen LogP contribution in [0.25, 0.3) is 0 Å². The van der Waals surface area contributed by atoms with Crippen molar-refractivity contribution in [2.45, 2.75) is 6.04 Å². The fourth-order valence-electron chi connectivity index (χ4n) is 1.85. The summed E-state index contributed by atoms with van der Waals surface area (Å²) >= 11 is 0. The molecule has 0 heterocycles. The van der Waals surface area contributed by atoms with Crippen molar-refractivity contribution in [3.8, 4) is 6.07 Å². The second-order valence-corrected chi connectivity index (χ2v) is 4.25. The van der Waals surface area contributed by atoms with E-state index in [-0.39, 0.29) is 5.56 Å². The SMILES string of the molecule is N#Cc1cc(F)c(NC(C(=O)O)c2ccccc2)c(F)c1. The Morgan fingerprint density at radius 2 is 1.76 bits per heavy atom. The van der Waals surface area contributed by atoms with Crippen LogP contribution in [0, 0.1) is 23.0 Å². The van der Waals surface area contributed by atoms with Gasteiger partial charge in [-0.05, 0) is 17.7 Å². The number of carbonyl (C=O) groups is 1. The number of hydrogen-bond acceptors (Lipinski definition) is 3. The van der Waals surface area contributed by atoms with E-state index in [0.29, 0.717) is 5.56 Å². The van der Waals surface area contributed by atoms with E-state index in [2.05, 4.69) is 5.32 Å².